The summed E-state index contributed by atoms with van der Waals surface area (Å²) < 4.78 is 15.2. The Morgan fingerprint density at radius 2 is 2.32 bits per heavy atom. The van der Waals surface area contributed by atoms with Crippen molar-refractivity contribution in [3.63, 3.8) is 0 Å². The zero-order valence-electron chi connectivity index (χ0n) is 10.3. The van der Waals surface area contributed by atoms with E-state index >= 15 is 0 Å². The van der Waals surface area contributed by atoms with Gasteiger partial charge in [-0.05, 0) is 24.5 Å². The third-order valence-electron chi connectivity index (χ3n) is 2.52. The van der Waals surface area contributed by atoms with E-state index in [2.05, 4.69) is 4.98 Å². The molecule has 0 bridgehead atoms. The SMILES string of the molecule is CSCCn1c(SCC(=O)O)nc2ccc(F)cc21. The summed E-state index contributed by atoms with van der Waals surface area (Å²) in [6.07, 6.45) is 1.99. The Kier molecular flexibility index (Phi) is 4.71. The molecule has 1 N–H and O–H groups in total. The summed E-state index contributed by atoms with van der Waals surface area (Å²) in [4.78, 5) is 15.0. The number of benzene rings is 1. The van der Waals surface area contributed by atoms with Gasteiger partial charge in [0.25, 0.3) is 0 Å². The van der Waals surface area contributed by atoms with E-state index in [1.807, 2.05) is 10.8 Å². The van der Waals surface area contributed by atoms with Gasteiger partial charge in [0, 0.05) is 12.3 Å². The third-order valence-corrected chi connectivity index (χ3v) is 4.07. The van der Waals surface area contributed by atoms with Crippen molar-refractivity contribution in [1.82, 2.24) is 9.55 Å². The van der Waals surface area contributed by atoms with Crippen molar-refractivity contribution >= 4 is 40.5 Å². The highest BCUT2D eigenvalue weighted by Gasteiger charge is 2.13. The van der Waals surface area contributed by atoms with E-state index < -0.39 is 5.97 Å². The van der Waals surface area contributed by atoms with Gasteiger partial charge in [0.1, 0.15) is 5.82 Å². The highest BCUT2D eigenvalue weighted by molar-refractivity contribution is 7.99. The molecule has 0 spiro atoms. The van der Waals surface area contributed by atoms with Crippen molar-refractivity contribution in [2.75, 3.05) is 17.8 Å². The molecule has 19 heavy (non-hydrogen) atoms. The van der Waals surface area contributed by atoms with Crippen LogP contribution in [0, 0.1) is 5.82 Å². The van der Waals surface area contributed by atoms with Crippen LogP contribution in [0.2, 0.25) is 0 Å². The van der Waals surface area contributed by atoms with E-state index in [-0.39, 0.29) is 11.6 Å². The molecule has 1 aromatic carbocycles. The van der Waals surface area contributed by atoms with Crippen LogP contribution in [0.3, 0.4) is 0 Å². The lowest BCUT2D eigenvalue weighted by molar-refractivity contribution is -0.133. The second-order valence-electron chi connectivity index (χ2n) is 3.85. The number of rotatable bonds is 6. The number of aliphatic carboxylic acids is 1. The fourth-order valence-corrected chi connectivity index (χ4v) is 2.84. The standard InChI is InChI=1S/C12H13FN2O2S2/c1-18-5-4-15-10-6-8(13)2-3-9(10)14-12(15)19-7-11(16)17/h2-3,6H,4-5,7H2,1H3,(H,16,17). The lowest BCUT2D eigenvalue weighted by Crippen LogP contribution is -2.05. The van der Waals surface area contributed by atoms with Gasteiger partial charge in [-0.25, -0.2) is 9.37 Å². The van der Waals surface area contributed by atoms with Crippen molar-refractivity contribution in [2.45, 2.75) is 11.7 Å². The molecular weight excluding hydrogens is 287 g/mol. The molecule has 1 aromatic heterocycles. The first kappa shape index (κ1) is 14.2. The van der Waals surface area contributed by atoms with E-state index in [9.17, 15) is 9.18 Å². The number of carboxylic acid groups (broad SMARTS) is 1. The normalized spacial score (nSPS) is 11.1. The van der Waals surface area contributed by atoms with Gasteiger partial charge in [-0.3, -0.25) is 4.79 Å². The lowest BCUT2D eigenvalue weighted by Gasteiger charge is -2.06. The van der Waals surface area contributed by atoms with Crippen molar-refractivity contribution in [3.05, 3.63) is 24.0 Å². The van der Waals surface area contributed by atoms with Gasteiger partial charge in [0.15, 0.2) is 5.16 Å². The summed E-state index contributed by atoms with van der Waals surface area (Å²) in [7, 11) is 0. The summed E-state index contributed by atoms with van der Waals surface area (Å²) in [6.45, 7) is 0.684. The number of carbonyl (C=O) groups is 1. The monoisotopic (exact) mass is 300 g/mol. The zero-order valence-corrected chi connectivity index (χ0v) is 11.9. The predicted molar refractivity (Wildman–Crippen MR) is 76.4 cm³/mol. The molecule has 2 aromatic rings. The Balaban J connectivity index is 2.39. The summed E-state index contributed by atoms with van der Waals surface area (Å²) in [5.74, 6) is -0.388. The number of carboxylic acids is 1. The van der Waals surface area contributed by atoms with Crippen LogP contribution in [0.4, 0.5) is 4.39 Å². The lowest BCUT2D eigenvalue weighted by atomic mass is 10.3. The topological polar surface area (TPSA) is 55.1 Å². The molecule has 0 saturated carbocycles. The van der Waals surface area contributed by atoms with Crippen molar-refractivity contribution in [2.24, 2.45) is 0 Å². The Morgan fingerprint density at radius 1 is 1.53 bits per heavy atom. The molecule has 2 rings (SSSR count). The number of aromatic nitrogens is 2. The minimum Gasteiger partial charge on any atom is -0.481 e. The molecule has 0 atom stereocenters. The zero-order chi connectivity index (χ0) is 13.8. The predicted octanol–water partition coefficient (Wildman–Crippen LogP) is 2.72. The highest BCUT2D eigenvalue weighted by atomic mass is 32.2. The Bertz CT molecular complexity index is 601. The maximum atomic E-state index is 13.3. The second kappa shape index (κ2) is 6.29. The summed E-state index contributed by atoms with van der Waals surface area (Å²) >= 11 is 2.84. The van der Waals surface area contributed by atoms with Crippen molar-refractivity contribution < 1.29 is 14.3 Å². The molecule has 0 aliphatic rings. The molecule has 0 aliphatic heterocycles. The molecule has 0 unspecified atom stereocenters. The van der Waals surface area contributed by atoms with Gasteiger partial charge in [-0.15, -0.1) is 0 Å². The maximum Gasteiger partial charge on any atom is 0.313 e. The van der Waals surface area contributed by atoms with Gasteiger partial charge in [0.2, 0.25) is 0 Å². The minimum absolute atomic E-state index is 0.0505. The first-order chi connectivity index (χ1) is 9.11. The maximum absolute atomic E-state index is 13.3. The van der Waals surface area contributed by atoms with Crippen LogP contribution < -0.4 is 0 Å². The summed E-state index contributed by atoms with van der Waals surface area (Å²) in [6, 6.07) is 4.42. The fraction of sp³-hybridized carbons (Fsp3) is 0.333. The van der Waals surface area contributed by atoms with Crippen molar-refractivity contribution in [1.29, 1.82) is 0 Å². The molecule has 0 saturated heterocycles. The number of hydrogen-bond acceptors (Lipinski definition) is 4. The molecule has 0 aliphatic carbocycles. The van der Waals surface area contributed by atoms with Gasteiger partial charge in [0.05, 0.1) is 16.8 Å². The molecule has 1 heterocycles. The quantitative estimate of drug-likeness (QED) is 0.831. The Morgan fingerprint density at radius 3 is 3.00 bits per heavy atom. The van der Waals surface area contributed by atoms with E-state index in [4.69, 9.17) is 5.11 Å². The molecule has 0 radical (unpaired) electrons. The Hall–Kier alpha value is -1.21. The van der Waals surface area contributed by atoms with Crippen LogP contribution in [0.5, 0.6) is 0 Å². The molecule has 0 amide bonds. The van der Waals surface area contributed by atoms with E-state index in [1.165, 1.54) is 12.1 Å². The van der Waals surface area contributed by atoms with Crippen LogP contribution >= 0.6 is 23.5 Å². The number of hydrogen-bond donors (Lipinski definition) is 1. The number of imidazole rings is 1. The van der Waals surface area contributed by atoms with E-state index in [0.29, 0.717) is 22.7 Å². The number of aryl methyl sites for hydroxylation is 1. The smallest absolute Gasteiger partial charge is 0.313 e. The minimum atomic E-state index is -0.889. The summed E-state index contributed by atoms with van der Waals surface area (Å²) in [5.41, 5.74) is 1.40. The first-order valence-corrected chi connectivity index (χ1v) is 7.99. The first-order valence-electron chi connectivity index (χ1n) is 5.61. The number of fused-ring (bicyclic) bond motifs is 1. The van der Waals surface area contributed by atoms with E-state index in [1.54, 1.807) is 17.8 Å². The van der Waals surface area contributed by atoms with Gasteiger partial charge >= 0.3 is 5.97 Å². The fourth-order valence-electron chi connectivity index (χ4n) is 1.71. The van der Waals surface area contributed by atoms with Crippen LogP contribution in [-0.4, -0.2) is 38.4 Å². The molecule has 102 valence electrons. The van der Waals surface area contributed by atoms with Crippen LogP contribution in [-0.2, 0) is 11.3 Å². The molecule has 0 fully saturated rings. The molecular formula is C12H13FN2O2S2. The van der Waals surface area contributed by atoms with Crippen LogP contribution in [0.15, 0.2) is 23.4 Å². The second-order valence-corrected chi connectivity index (χ2v) is 5.78. The van der Waals surface area contributed by atoms with Crippen molar-refractivity contribution in [3.8, 4) is 0 Å². The number of thioether (sulfide) groups is 2. The third kappa shape index (κ3) is 3.42. The highest BCUT2D eigenvalue weighted by Crippen LogP contribution is 2.25. The average Bonchev–Trinajstić information content (AvgIpc) is 2.71. The Labute approximate surface area is 118 Å². The average molecular weight is 300 g/mol. The summed E-state index contributed by atoms with van der Waals surface area (Å²) in [5, 5.41) is 9.36. The molecule has 4 nitrogen and oxygen atoms in total. The van der Waals surface area contributed by atoms with E-state index in [0.717, 1.165) is 17.5 Å². The van der Waals surface area contributed by atoms with Crippen LogP contribution in [0.1, 0.15) is 0 Å². The van der Waals surface area contributed by atoms with Gasteiger partial charge < -0.3 is 9.67 Å². The van der Waals surface area contributed by atoms with Gasteiger partial charge in [-0.1, -0.05) is 11.8 Å². The number of halogens is 1. The van der Waals surface area contributed by atoms with Crippen LogP contribution in [0.25, 0.3) is 11.0 Å². The molecule has 7 heteroatoms. The number of nitrogens with zero attached hydrogens (tertiary/aromatic N) is 2. The van der Waals surface area contributed by atoms with Gasteiger partial charge in [-0.2, -0.15) is 11.8 Å². The largest absolute Gasteiger partial charge is 0.481 e.